The zero-order chi connectivity index (χ0) is 11.5. The maximum Gasteiger partial charge on any atom is 0.158 e. The molecule has 0 amide bonds. The first-order chi connectivity index (χ1) is 7.65. The van der Waals surface area contributed by atoms with E-state index in [-0.39, 0.29) is 0 Å². The Labute approximate surface area is 97.2 Å². The highest BCUT2D eigenvalue weighted by Crippen LogP contribution is 2.26. The molecule has 1 heteroatoms. The van der Waals surface area contributed by atoms with Gasteiger partial charge in [-0.15, -0.1) is 0 Å². The number of hydrogen-bond acceptors (Lipinski definition) is 1. The second-order valence-electron chi connectivity index (χ2n) is 4.85. The third-order valence-corrected chi connectivity index (χ3v) is 3.21. The highest BCUT2D eigenvalue weighted by molar-refractivity contribution is 6.00. The summed E-state index contributed by atoms with van der Waals surface area (Å²) in [6, 6.07) is 8.33. The van der Waals surface area contributed by atoms with E-state index in [1.54, 1.807) is 0 Å². The first-order valence-corrected chi connectivity index (χ1v) is 5.95. The van der Waals surface area contributed by atoms with Gasteiger partial charge < -0.3 is 0 Å². The standard InChI is InChI=1S/C15H18O/c1-11-3-6-13(7-4-11)10-14-9-12(2)5-8-15(14)16/h3-4,6-7,10,12H,5,8-9H2,1-2H3. The normalized spacial score (nSPS) is 23.8. The van der Waals surface area contributed by atoms with E-state index < -0.39 is 0 Å². The number of rotatable bonds is 1. The van der Waals surface area contributed by atoms with E-state index in [0.29, 0.717) is 11.7 Å². The molecule has 0 radical (unpaired) electrons. The maximum atomic E-state index is 11.7. The topological polar surface area (TPSA) is 17.1 Å². The monoisotopic (exact) mass is 214 g/mol. The molecule has 1 saturated carbocycles. The van der Waals surface area contributed by atoms with Gasteiger partial charge >= 0.3 is 0 Å². The van der Waals surface area contributed by atoms with Crippen LogP contribution in [0.25, 0.3) is 6.08 Å². The van der Waals surface area contributed by atoms with Crippen LogP contribution in [0.2, 0.25) is 0 Å². The van der Waals surface area contributed by atoms with Crippen molar-refractivity contribution in [2.24, 2.45) is 5.92 Å². The summed E-state index contributed by atoms with van der Waals surface area (Å²) in [6.07, 6.45) is 4.76. The number of carbonyl (C=O) groups excluding carboxylic acids is 1. The molecule has 0 saturated heterocycles. The Kier molecular flexibility index (Phi) is 3.23. The van der Waals surface area contributed by atoms with E-state index >= 15 is 0 Å². The third kappa shape index (κ3) is 2.60. The van der Waals surface area contributed by atoms with E-state index in [1.807, 2.05) is 0 Å². The Hall–Kier alpha value is -1.37. The molecule has 0 aromatic heterocycles. The zero-order valence-corrected chi connectivity index (χ0v) is 9.99. The molecule has 1 nitrogen and oxygen atoms in total. The fourth-order valence-electron chi connectivity index (χ4n) is 2.13. The van der Waals surface area contributed by atoms with Crippen LogP contribution in [0.1, 0.15) is 37.3 Å². The average Bonchev–Trinajstić information content (AvgIpc) is 2.27. The molecule has 1 unspecified atom stereocenters. The molecule has 84 valence electrons. The van der Waals surface area contributed by atoms with Gasteiger partial charge in [0.05, 0.1) is 0 Å². The Bertz CT molecular complexity index is 412. The lowest BCUT2D eigenvalue weighted by molar-refractivity contribution is -0.116. The van der Waals surface area contributed by atoms with Gasteiger partial charge in [-0.3, -0.25) is 4.79 Å². The molecule has 1 fully saturated rings. The van der Waals surface area contributed by atoms with Crippen molar-refractivity contribution in [1.29, 1.82) is 0 Å². The highest BCUT2D eigenvalue weighted by atomic mass is 16.1. The van der Waals surface area contributed by atoms with Crippen LogP contribution in [-0.4, -0.2) is 5.78 Å². The summed E-state index contributed by atoms with van der Waals surface area (Å²) in [5.74, 6) is 0.980. The smallest absolute Gasteiger partial charge is 0.158 e. The van der Waals surface area contributed by atoms with Crippen molar-refractivity contribution < 1.29 is 4.79 Å². The van der Waals surface area contributed by atoms with E-state index in [2.05, 4.69) is 44.2 Å². The minimum Gasteiger partial charge on any atom is -0.295 e. The molecule has 1 aliphatic carbocycles. The minimum atomic E-state index is 0.332. The second kappa shape index (κ2) is 4.65. The lowest BCUT2D eigenvalue weighted by Crippen LogP contribution is -2.14. The molecule has 2 rings (SSSR count). The third-order valence-electron chi connectivity index (χ3n) is 3.21. The lowest BCUT2D eigenvalue weighted by Gasteiger charge is -2.19. The molecule has 1 atom stereocenters. The molecular weight excluding hydrogens is 196 g/mol. The van der Waals surface area contributed by atoms with Crippen molar-refractivity contribution >= 4 is 11.9 Å². The average molecular weight is 214 g/mol. The van der Waals surface area contributed by atoms with Crippen molar-refractivity contribution in [3.8, 4) is 0 Å². The fourth-order valence-corrected chi connectivity index (χ4v) is 2.13. The van der Waals surface area contributed by atoms with Crippen LogP contribution in [-0.2, 0) is 4.79 Å². The number of hydrogen-bond donors (Lipinski definition) is 0. The SMILES string of the molecule is Cc1ccc(C=C2CC(C)CCC2=O)cc1. The van der Waals surface area contributed by atoms with Crippen molar-refractivity contribution in [2.75, 3.05) is 0 Å². The van der Waals surface area contributed by atoms with Gasteiger partial charge in [0.2, 0.25) is 0 Å². The number of carbonyl (C=O) groups is 1. The van der Waals surface area contributed by atoms with E-state index in [1.165, 1.54) is 5.56 Å². The number of aryl methyl sites for hydroxylation is 1. The van der Waals surface area contributed by atoms with Crippen molar-refractivity contribution in [2.45, 2.75) is 33.1 Å². The van der Waals surface area contributed by atoms with Crippen molar-refractivity contribution in [3.63, 3.8) is 0 Å². The minimum absolute atomic E-state index is 0.332. The van der Waals surface area contributed by atoms with E-state index in [9.17, 15) is 4.79 Å². The van der Waals surface area contributed by atoms with Gasteiger partial charge in [-0.05, 0) is 42.9 Å². The number of ketones is 1. The van der Waals surface area contributed by atoms with Crippen LogP contribution < -0.4 is 0 Å². The largest absolute Gasteiger partial charge is 0.295 e. The highest BCUT2D eigenvalue weighted by Gasteiger charge is 2.19. The van der Waals surface area contributed by atoms with Crippen molar-refractivity contribution in [1.82, 2.24) is 0 Å². The molecule has 1 aliphatic rings. The van der Waals surface area contributed by atoms with Gasteiger partial charge in [0.1, 0.15) is 0 Å². The predicted molar refractivity (Wildman–Crippen MR) is 67.2 cm³/mol. The van der Waals surface area contributed by atoms with E-state index in [4.69, 9.17) is 0 Å². The molecular formula is C15H18O. The molecule has 0 bridgehead atoms. The summed E-state index contributed by atoms with van der Waals surface area (Å²) in [6.45, 7) is 4.29. The van der Waals surface area contributed by atoms with Crippen LogP contribution >= 0.6 is 0 Å². The van der Waals surface area contributed by atoms with Crippen LogP contribution in [0.4, 0.5) is 0 Å². The summed E-state index contributed by atoms with van der Waals surface area (Å²) < 4.78 is 0. The summed E-state index contributed by atoms with van der Waals surface area (Å²) in [5, 5.41) is 0. The van der Waals surface area contributed by atoms with Gasteiger partial charge in [0.15, 0.2) is 5.78 Å². The van der Waals surface area contributed by atoms with Crippen LogP contribution in [0.3, 0.4) is 0 Å². The molecule has 16 heavy (non-hydrogen) atoms. The van der Waals surface area contributed by atoms with Gasteiger partial charge in [-0.2, -0.15) is 0 Å². The summed E-state index contributed by atoms with van der Waals surface area (Å²) in [5.41, 5.74) is 3.40. The lowest BCUT2D eigenvalue weighted by atomic mass is 9.85. The molecule has 0 aliphatic heterocycles. The Morgan fingerprint density at radius 2 is 1.94 bits per heavy atom. The van der Waals surface area contributed by atoms with Gasteiger partial charge in [0.25, 0.3) is 0 Å². The molecule has 0 N–H and O–H groups in total. The van der Waals surface area contributed by atoms with E-state index in [0.717, 1.165) is 30.4 Å². The predicted octanol–water partition coefficient (Wildman–Crippen LogP) is 3.77. The number of Topliss-reactive ketones (excluding diaryl/α,β-unsaturated/α-hetero) is 1. The number of benzene rings is 1. The van der Waals surface area contributed by atoms with Gasteiger partial charge in [-0.1, -0.05) is 36.8 Å². The van der Waals surface area contributed by atoms with Gasteiger partial charge in [-0.25, -0.2) is 0 Å². The molecule has 0 spiro atoms. The Morgan fingerprint density at radius 1 is 1.25 bits per heavy atom. The van der Waals surface area contributed by atoms with Crippen LogP contribution in [0.5, 0.6) is 0 Å². The summed E-state index contributed by atoms with van der Waals surface area (Å²) >= 11 is 0. The maximum absolute atomic E-state index is 11.7. The first kappa shape index (κ1) is 11.1. The molecule has 1 aromatic rings. The fraction of sp³-hybridized carbons (Fsp3) is 0.400. The van der Waals surface area contributed by atoms with Crippen LogP contribution in [0, 0.1) is 12.8 Å². The summed E-state index contributed by atoms with van der Waals surface area (Å²) in [4.78, 5) is 11.7. The number of allylic oxidation sites excluding steroid dienone is 1. The first-order valence-electron chi connectivity index (χ1n) is 5.95. The Morgan fingerprint density at radius 3 is 2.62 bits per heavy atom. The van der Waals surface area contributed by atoms with Crippen LogP contribution in [0.15, 0.2) is 29.8 Å². The quantitative estimate of drug-likeness (QED) is 0.650. The van der Waals surface area contributed by atoms with Gasteiger partial charge in [0, 0.05) is 6.42 Å². The Balaban J connectivity index is 2.22. The zero-order valence-electron chi connectivity index (χ0n) is 9.99. The molecule has 1 aromatic carbocycles. The second-order valence-corrected chi connectivity index (χ2v) is 4.85. The summed E-state index contributed by atoms with van der Waals surface area (Å²) in [7, 11) is 0. The van der Waals surface area contributed by atoms with Crippen molar-refractivity contribution in [3.05, 3.63) is 41.0 Å². The molecule has 0 heterocycles.